The van der Waals surface area contributed by atoms with E-state index >= 15 is 0 Å². The molecule has 2 aromatic heterocycles. The number of aromatic nitrogens is 4. The van der Waals surface area contributed by atoms with Gasteiger partial charge in [0.2, 0.25) is 10.0 Å². The third-order valence-electron chi connectivity index (χ3n) is 5.98. The summed E-state index contributed by atoms with van der Waals surface area (Å²) in [4.78, 5) is 16.0. The van der Waals surface area contributed by atoms with Crippen molar-refractivity contribution in [2.24, 2.45) is 13.0 Å². The quantitative estimate of drug-likeness (QED) is 0.744. The normalized spacial score (nSPS) is 22.7. The molecule has 0 aromatic carbocycles. The zero-order valence-corrected chi connectivity index (χ0v) is 17.3. The minimum atomic E-state index is -3.05. The Bertz CT molecular complexity index is 903. The molecule has 0 aliphatic carbocycles. The van der Waals surface area contributed by atoms with E-state index in [4.69, 9.17) is 0 Å². The highest BCUT2D eigenvalue weighted by Gasteiger charge is 2.32. The maximum absolute atomic E-state index is 11.7. The van der Waals surface area contributed by atoms with Gasteiger partial charge in [-0.1, -0.05) is 0 Å². The number of piperidine rings is 1. The van der Waals surface area contributed by atoms with E-state index < -0.39 is 10.0 Å². The van der Waals surface area contributed by atoms with Crippen LogP contribution in [0.1, 0.15) is 25.0 Å². The monoisotopic (exact) mass is 404 g/mol. The van der Waals surface area contributed by atoms with Gasteiger partial charge in [0.1, 0.15) is 5.69 Å². The minimum Gasteiger partial charge on any atom is -0.333 e. The van der Waals surface area contributed by atoms with Crippen molar-refractivity contribution in [3.8, 4) is 11.5 Å². The molecule has 0 bridgehead atoms. The van der Waals surface area contributed by atoms with Gasteiger partial charge in [-0.05, 0) is 38.1 Å². The second-order valence-electron chi connectivity index (χ2n) is 8.00. The molecular formula is C19H28N6O2S. The third kappa shape index (κ3) is 4.26. The molecule has 0 radical (unpaired) electrons. The maximum atomic E-state index is 11.7. The maximum Gasteiger partial charge on any atom is 0.211 e. The highest BCUT2D eigenvalue weighted by atomic mass is 32.2. The summed E-state index contributed by atoms with van der Waals surface area (Å²) in [5.74, 6) is 1.41. The van der Waals surface area contributed by atoms with Crippen LogP contribution in [-0.4, -0.2) is 75.6 Å². The molecule has 2 aromatic rings. The number of aryl methyl sites for hydroxylation is 1. The molecule has 1 atom stereocenters. The summed E-state index contributed by atoms with van der Waals surface area (Å²) < 4.78 is 26.9. The summed E-state index contributed by atoms with van der Waals surface area (Å²) in [6, 6.07) is 0.500. The molecule has 0 unspecified atom stereocenters. The highest BCUT2D eigenvalue weighted by molar-refractivity contribution is 7.88. The molecule has 0 spiro atoms. The van der Waals surface area contributed by atoms with Gasteiger partial charge in [0.15, 0.2) is 5.82 Å². The Balaban J connectivity index is 1.30. The predicted molar refractivity (Wildman–Crippen MR) is 107 cm³/mol. The molecule has 152 valence electrons. The van der Waals surface area contributed by atoms with Gasteiger partial charge in [0, 0.05) is 51.3 Å². The molecule has 2 aliphatic rings. The summed E-state index contributed by atoms with van der Waals surface area (Å²) in [6.45, 7) is 3.44. The summed E-state index contributed by atoms with van der Waals surface area (Å²) in [6.07, 6.45) is 12.6. The molecule has 4 heterocycles. The van der Waals surface area contributed by atoms with Crippen molar-refractivity contribution >= 4 is 10.0 Å². The lowest BCUT2D eigenvalue weighted by Gasteiger charge is -2.35. The van der Waals surface area contributed by atoms with Crippen LogP contribution in [0.4, 0.5) is 0 Å². The SMILES string of the molecule is Cn1ccnc1-c1cnc(C[C@@H]2CCN(C3CCN(S(C)(=O)=O)CC3)C2)cn1. The van der Waals surface area contributed by atoms with E-state index in [0.29, 0.717) is 25.0 Å². The van der Waals surface area contributed by atoms with Crippen molar-refractivity contribution in [1.29, 1.82) is 0 Å². The fraction of sp³-hybridized carbons (Fsp3) is 0.632. The fourth-order valence-electron chi connectivity index (χ4n) is 4.38. The van der Waals surface area contributed by atoms with E-state index in [1.807, 2.05) is 30.2 Å². The van der Waals surface area contributed by atoms with Gasteiger partial charge in [0.05, 0.1) is 18.1 Å². The zero-order valence-electron chi connectivity index (χ0n) is 16.5. The van der Waals surface area contributed by atoms with Crippen LogP contribution in [0.25, 0.3) is 11.5 Å². The third-order valence-corrected chi connectivity index (χ3v) is 7.28. The Morgan fingerprint density at radius 1 is 1.07 bits per heavy atom. The van der Waals surface area contributed by atoms with Crippen LogP contribution in [-0.2, 0) is 23.5 Å². The van der Waals surface area contributed by atoms with Crippen LogP contribution in [0.5, 0.6) is 0 Å². The first-order valence-corrected chi connectivity index (χ1v) is 11.7. The molecule has 2 saturated heterocycles. The molecule has 2 aliphatic heterocycles. The largest absolute Gasteiger partial charge is 0.333 e. The van der Waals surface area contributed by atoms with Gasteiger partial charge in [-0.2, -0.15) is 0 Å². The Morgan fingerprint density at radius 2 is 1.86 bits per heavy atom. The van der Waals surface area contributed by atoms with E-state index in [1.54, 1.807) is 10.5 Å². The van der Waals surface area contributed by atoms with Crippen molar-refractivity contribution in [1.82, 2.24) is 28.7 Å². The number of likely N-dealkylation sites (tertiary alicyclic amines) is 1. The van der Waals surface area contributed by atoms with Crippen LogP contribution in [0.15, 0.2) is 24.8 Å². The van der Waals surface area contributed by atoms with Gasteiger partial charge < -0.3 is 4.57 Å². The first kappa shape index (κ1) is 19.5. The predicted octanol–water partition coefficient (Wildman–Crippen LogP) is 1.17. The van der Waals surface area contributed by atoms with Crippen LogP contribution in [0, 0.1) is 5.92 Å². The lowest BCUT2D eigenvalue weighted by atomic mass is 10.0. The van der Waals surface area contributed by atoms with Gasteiger partial charge in [-0.25, -0.2) is 22.7 Å². The van der Waals surface area contributed by atoms with Crippen molar-refractivity contribution < 1.29 is 8.42 Å². The zero-order chi connectivity index (χ0) is 19.7. The summed E-state index contributed by atoms with van der Waals surface area (Å²) >= 11 is 0. The van der Waals surface area contributed by atoms with Crippen LogP contribution in [0.3, 0.4) is 0 Å². The first-order valence-electron chi connectivity index (χ1n) is 9.88. The van der Waals surface area contributed by atoms with E-state index in [-0.39, 0.29) is 0 Å². The minimum absolute atomic E-state index is 0.500. The van der Waals surface area contributed by atoms with Crippen LogP contribution < -0.4 is 0 Å². The number of nitrogens with zero attached hydrogens (tertiary/aromatic N) is 6. The van der Waals surface area contributed by atoms with Crippen molar-refractivity contribution in [2.75, 3.05) is 32.4 Å². The van der Waals surface area contributed by atoms with E-state index in [0.717, 1.165) is 56.0 Å². The number of rotatable bonds is 5. The molecule has 9 heteroatoms. The highest BCUT2D eigenvalue weighted by Crippen LogP contribution is 2.27. The molecule has 0 N–H and O–H groups in total. The second kappa shape index (κ2) is 7.88. The molecule has 2 fully saturated rings. The molecule has 4 rings (SSSR count). The number of hydrogen-bond donors (Lipinski definition) is 0. The fourth-order valence-corrected chi connectivity index (χ4v) is 5.26. The Hall–Kier alpha value is -1.84. The Morgan fingerprint density at radius 3 is 2.46 bits per heavy atom. The molecule has 0 saturated carbocycles. The molecule has 8 nitrogen and oxygen atoms in total. The topological polar surface area (TPSA) is 84.2 Å². The van der Waals surface area contributed by atoms with Crippen molar-refractivity contribution in [3.05, 3.63) is 30.5 Å². The summed E-state index contributed by atoms with van der Waals surface area (Å²) in [5.41, 5.74) is 1.82. The molecule has 0 amide bonds. The Labute approximate surface area is 166 Å². The average molecular weight is 405 g/mol. The molecule has 28 heavy (non-hydrogen) atoms. The first-order chi connectivity index (χ1) is 13.4. The van der Waals surface area contributed by atoms with Gasteiger partial charge in [0.25, 0.3) is 0 Å². The summed E-state index contributed by atoms with van der Waals surface area (Å²) in [5, 5.41) is 0. The van der Waals surface area contributed by atoms with E-state index in [2.05, 4.69) is 19.9 Å². The second-order valence-corrected chi connectivity index (χ2v) is 9.98. The standard InChI is InChI=1S/C19H28N6O2S/c1-23-10-6-20-19(23)18-13-21-16(12-22-18)11-15-3-7-24(14-15)17-4-8-25(9-5-17)28(2,26)27/h6,10,12-13,15,17H,3-5,7-9,11,14H2,1-2H3/t15-/m0/s1. The number of sulfonamides is 1. The van der Waals surface area contributed by atoms with Gasteiger partial charge in [-0.15, -0.1) is 0 Å². The van der Waals surface area contributed by atoms with Gasteiger partial charge in [-0.3, -0.25) is 9.88 Å². The van der Waals surface area contributed by atoms with Crippen molar-refractivity contribution in [3.63, 3.8) is 0 Å². The summed E-state index contributed by atoms with van der Waals surface area (Å²) in [7, 11) is -1.10. The van der Waals surface area contributed by atoms with Crippen molar-refractivity contribution in [2.45, 2.75) is 31.7 Å². The van der Waals surface area contributed by atoms with Gasteiger partial charge >= 0.3 is 0 Å². The average Bonchev–Trinajstić information content (AvgIpc) is 3.31. The smallest absolute Gasteiger partial charge is 0.211 e. The number of imidazole rings is 1. The van der Waals surface area contributed by atoms with Crippen LogP contribution >= 0.6 is 0 Å². The molecular weight excluding hydrogens is 376 g/mol. The van der Waals surface area contributed by atoms with Crippen LogP contribution in [0.2, 0.25) is 0 Å². The van der Waals surface area contributed by atoms with E-state index in [1.165, 1.54) is 6.26 Å². The Kier molecular flexibility index (Phi) is 5.48. The van der Waals surface area contributed by atoms with E-state index in [9.17, 15) is 8.42 Å². The lowest BCUT2D eigenvalue weighted by molar-refractivity contribution is 0.163. The lowest BCUT2D eigenvalue weighted by Crippen LogP contribution is -2.45. The number of hydrogen-bond acceptors (Lipinski definition) is 6.